The summed E-state index contributed by atoms with van der Waals surface area (Å²) in [5.74, 6) is -6.90. The number of carbonyl (C=O) groups is 4. The molecule has 0 spiro atoms. The Morgan fingerprint density at radius 1 is 1.02 bits per heavy atom. The Kier molecular flexibility index (Phi) is 11.6. The first-order chi connectivity index (χ1) is 26.3. The van der Waals surface area contributed by atoms with Crippen LogP contribution in [0.3, 0.4) is 0 Å². The Balaban J connectivity index is 1.35. The van der Waals surface area contributed by atoms with E-state index in [1.54, 1.807) is 52.0 Å². The summed E-state index contributed by atoms with van der Waals surface area (Å²) in [6.45, 7) is 8.20. The Labute approximate surface area is 326 Å². The van der Waals surface area contributed by atoms with Crippen molar-refractivity contribution in [2.75, 3.05) is 6.54 Å². The lowest BCUT2D eigenvalue weighted by Crippen LogP contribution is -2.61. The van der Waals surface area contributed by atoms with Crippen molar-refractivity contribution in [3.05, 3.63) is 30.0 Å². The van der Waals surface area contributed by atoms with E-state index in [2.05, 4.69) is 25.3 Å². The minimum Gasteiger partial charge on any atom is -0.471 e. The molecule has 17 heteroatoms. The van der Waals surface area contributed by atoms with Gasteiger partial charge in [-0.3, -0.25) is 19.1 Å². The summed E-state index contributed by atoms with van der Waals surface area (Å²) in [5, 5.41) is 14.1. The van der Waals surface area contributed by atoms with Gasteiger partial charge < -0.3 is 25.4 Å². The minimum absolute atomic E-state index is 0.162. The number of para-hydroxylation sites is 2. The molecular formula is C39H54F2N6O8S. The maximum absolute atomic E-state index is 16.2. The molecule has 4 aliphatic rings. The van der Waals surface area contributed by atoms with Gasteiger partial charge in [0.2, 0.25) is 27.7 Å². The van der Waals surface area contributed by atoms with Gasteiger partial charge in [-0.1, -0.05) is 78.9 Å². The molecule has 0 bridgehead atoms. The number of benzene rings is 1. The van der Waals surface area contributed by atoms with Crippen molar-refractivity contribution in [3.63, 3.8) is 0 Å². The lowest BCUT2D eigenvalue weighted by atomic mass is 9.85. The van der Waals surface area contributed by atoms with Crippen LogP contribution >= 0.6 is 0 Å². The van der Waals surface area contributed by atoms with E-state index in [4.69, 9.17) is 4.74 Å². The number of nitrogens with one attached hydrogen (secondary N) is 3. The number of amides is 4. The van der Waals surface area contributed by atoms with Crippen molar-refractivity contribution in [2.24, 2.45) is 23.2 Å². The zero-order valence-electron chi connectivity index (χ0n) is 32.6. The van der Waals surface area contributed by atoms with Crippen LogP contribution in [0.5, 0.6) is 5.88 Å². The van der Waals surface area contributed by atoms with Crippen molar-refractivity contribution in [1.29, 1.82) is 0 Å². The molecule has 56 heavy (non-hydrogen) atoms. The summed E-state index contributed by atoms with van der Waals surface area (Å²) in [5.41, 5.74) is -2.65. The molecule has 1 aromatic carbocycles. The highest BCUT2D eigenvalue weighted by molar-refractivity contribution is 7.91. The van der Waals surface area contributed by atoms with E-state index in [1.165, 1.54) is 4.90 Å². The van der Waals surface area contributed by atoms with Crippen LogP contribution in [0.4, 0.5) is 13.6 Å². The van der Waals surface area contributed by atoms with Crippen molar-refractivity contribution < 1.29 is 46.2 Å². The van der Waals surface area contributed by atoms with Crippen molar-refractivity contribution in [3.8, 4) is 5.88 Å². The van der Waals surface area contributed by atoms with Gasteiger partial charge in [0.25, 0.3) is 11.8 Å². The molecule has 0 unspecified atom stereocenters. The average molecular weight is 805 g/mol. The normalized spacial score (nSPS) is 25.7. The maximum atomic E-state index is 16.2. The standard InChI is InChI=1S/C39H54F2N6O8S/c1-6-23-20-38(23,35(50)46-56(53,54)24-17-18-24)45-32(48)29-25(7-2)28(21-47(29)34(49)31(37(3,4)5)44-36(51)52)55-33-30(42-26-13-8-9-14-27(26)43-33)39(40,41)19-11-10-12-22-15-16-22/h8-9,13-14,22-25,28-29,31,44H,6-7,10-12,15-21H2,1-5H3,(H,45,48)(H,46,50)(H,51,52)/t23-,25-,28+,29+,31-,38-/m1/s1. The van der Waals surface area contributed by atoms with Gasteiger partial charge >= 0.3 is 6.09 Å². The van der Waals surface area contributed by atoms with Crippen LogP contribution in [-0.2, 0) is 30.3 Å². The zero-order valence-corrected chi connectivity index (χ0v) is 33.5. The van der Waals surface area contributed by atoms with Crippen molar-refractivity contribution in [1.82, 2.24) is 30.2 Å². The molecule has 2 aromatic rings. The molecule has 308 valence electrons. The smallest absolute Gasteiger partial charge is 0.405 e. The number of sulfonamides is 1. The van der Waals surface area contributed by atoms with Crippen LogP contribution in [0.1, 0.15) is 111 Å². The molecule has 4 N–H and O–H groups in total. The molecule has 1 aromatic heterocycles. The van der Waals surface area contributed by atoms with E-state index in [-0.39, 0.29) is 31.3 Å². The molecule has 14 nitrogen and oxygen atoms in total. The second kappa shape index (κ2) is 15.7. The monoisotopic (exact) mass is 804 g/mol. The third-order valence-corrected chi connectivity index (χ3v) is 13.6. The fourth-order valence-corrected chi connectivity index (χ4v) is 9.39. The number of rotatable bonds is 17. The molecule has 1 aliphatic heterocycles. The molecule has 1 saturated heterocycles. The van der Waals surface area contributed by atoms with Crippen LogP contribution in [0.25, 0.3) is 11.0 Å². The first-order valence-electron chi connectivity index (χ1n) is 19.8. The second-order valence-electron chi connectivity index (χ2n) is 17.1. The predicted molar refractivity (Wildman–Crippen MR) is 202 cm³/mol. The van der Waals surface area contributed by atoms with Crippen LogP contribution in [-0.4, -0.2) is 87.7 Å². The van der Waals surface area contributed by atoms with E-state index in [1.807, 2.05) is 6.92 Å². The zero-order chi connectivity index (χ0) is 40.8. The number of alkyl halides is 2. The van der Waals surface area contributed by atoms with Crippen molar-refractivity contribution in [2.45, 2.75) is 140 Å². The van der Waals surface area contributed by atoms with Gasteiger partial charge in [0.15, 0.2) is 5.69 Å². The van der Waals surface area contributed by atoms with Crippen LogP contribution < -0.4 is 20.1 Å². The van der Waals surface area contributed by atoms with Gasteiger partial charge in [0.1, 0.15) is 23.7 Å². The number of hydrogen-bond acceptors (Lipinski definition) is 9. The van der Waals surface area contributed by atoms with E-state index in [9.17, 15) is 32.7 Å². The van der Waals surface area contributed by atoms with Gasteiger partial charge in [0.05, 0.1) is 22.8 Å². The number of carbonyl (C=O) groups excluding carboxylic acids is 3. The molecule has 4 amide bonds. The summed E-state index contributed by atoms with van der Waals surface area (Å²) in [6, 6.07) is 3.85. The van der Waals surface area contributed by atoms with Gasteiger partial charge in [-0.2, -0.15) is 8.78 Å². The molecule has 6 rings (SSSR count). The molecule has 3 saturated carbocycles. The molecule has 3 aliphatic carbocycles. The number of aromatic nitrogens is 2. The third-order valence-electron chi connectivity index (χ3n) is 11.7. The van der Waals surface area contributed by atoms with Crippen LogP contribution in [0.2, 0.25) is 0 Å². The maximum Gasteiger partial charge on any atom is 0.405 e. The number of hydrogen-bond donors (Lipinski definition) is 4. The van der Waals surface area contributed by atoms with Gasteiger partial charge in [-0.05, 0) is 61.5 Å². The van der Waals surface area contributed by atoms with E-state index < -0.39 is 104 Å². The third kappa shape index (κ3) is 8.86. The Morgan fingerprint density at radius 2 is 1.68 bits per heavy atom. The fourth-order valence-electron chi connectivity index (χ4n) is 8.03. The number of halogens is 2. The summed E-state index contributed by atoms with van der Waals surface area (Å²) in [7, 11) is -3.95. The lowest BCUT2D eigenvalue weighted by molar-refractivity contribution is -0.143. The van der Waals surface area contributed by atoms with Crippen LogP contribution in [0.15, 0.2) is 24.3 Å². The number of fused-ring (bicyclic) bond motifs is 1. The Hall–Kier alpha value is -4.15. The number of nitrogens with zero attached hydrogens (tertiary/aromatic N) is 3. The van der Waals surface area contributed by atoms with E-state index >= 15 is 8.78 Å². The molecule has 0 radical (unpaired) electrons. The van der Waals surface area contributed by atoms with E-state index in [0.29, 0.717) is 37.1 Å². The topological polar surface area (TPSA) is 197 Å². The summed E-state index contributed by atoms with van der Waals surface area (Å²) in [6.07, 6.45) is 2.67. The Morgan fingerprint density at radius 3 is 2.23 bits per heavy atom. The van der Waals surface area contributed by atoms with Gasteiger partial charge in [-0.15, -0.1) is 0 Å². The summed E-state index contributed by atoms with van der Waals surface area (Å²) < 4.78 is 66.4. The number of carboxylic acid groups (broad SMARTS) is 1. The quantitative estimate of drug-likeness (QED) is 0.153. The molecule has 6 atom stereocenters. The highest BCUT2D eigenvalue weighted by Gasteiger charge is 2.63. The van der Waals surface area contributed by atoms with Crippen LogP contribution in [0, 0.1) is 23.2 Å². The number of likely N-dealkylation sites (tertiary alicyclic amines) is 1. The summed E-state index contributed by atoms with van der Waals surface area (Å²) >= 11 is 0. The average Bonchev–Trinajstić information content (AvgIpc) is 4.01. The fraction of sp³-hybridized carbons (Fsp3) is 0.692. The van der Waals surface area contributed by atoms with Gasteiger partial charge in [0, 0.05) is 12.3 Å². The first-order valence-corrected chi connectivity index (χ1v) is 21.4. The van der Waals surface area contributed by atoms with E-state index in [0.717, 1.165) is 19.3 Å². The predicted octanol–water partition coefficient (Wildman–Crippen LogP) is 5.25. The highest BCUT2D eigenvalue weighted by atomic mass is 32.2. The SMILES string of the molecule is CC[C@@H]1[C@@H](Oc2nc3ccccc3nc2C(F)(F)CCCCC2CC2)CN(C(=O)[C@@H](NC(=O)O)C(C)(C)C)[C@@H]1C(=O)N[C@]1(C(=O)NS(=O)(=O)C2CC2)C[C@H]1CC. The number of unbranched alkanes of at least 4 members (excludes halogenated alkanes) is 1. The minimum atomic E-state index is -3.95. The Bertz CT molecular complexity index is 1950. The van der Waals surface area contributed by atoms with Gasteiger partial charge in [-0.25, -0.2) is 23.2 Å². The number of ether oxygens (including phenoxy) is 1. The molecular weight excluding hydrogens is 751 g/mol. The van der Waals surface area contributed by atoms with Crippen molar-refractivity contribution >= 4 is 44.9 Å². The lowest BCUT2D eigenvalue weighted by Gasteiger charge is -2.35. The first kappa shape index (κ1) is 41.5. The molecule has 2 heterocycles. The largest absolute Gasteiger partial charge is 0.471 e. The summed E-state index contributed by atoms with van der Waals surface area (Å²) in [4.78, 5) is 64.6. The second-order valence-corrected chi connectivity index (χ2v) is 19.1. The highest BCUT2D eigenvalue weighted by Crippen LogP contribution is 2.48. The molecule has 4 fully saturated rings.